The average Bonchev–Trinajstić information content (AvgIpc) is 2.75. The lowest BCUT2D eigenvalue weighted by Crippen LogP contribution is -2.15. The Hall–Kier alpha value is -3.50. The molecule has 2 aromatic carbocycles. The van der Waals surface area contributed by atoms with E-state index in [2.05, 4.69) is 9.97 Å². The minimum atomic E-state index is -0.744. The lowest BCUT2D eigenvalue weighted by Gasteiger charge is -2.16. The van der Waals surface area contributed by atoms with Gasteiger partial charge in [-0.15, -0.1) is 0 Å². The number of halogens is 1. The van der Waals surface area contributed by atoms with Gasteiger partial charge in [0.15, 0.2) is 23.1 Å². The second-order valence-electron chi connectivity index (χ2n) is 6.53. The van der Waals surface area contributed by atoms with Gasteiger partial charge in [0.1, 0.15) is 19.5 Å². The molecule has 0 fully saturated rings. The number of nitrogens with zero attached hydrogens (tertiary/aromatic N) is 2. The minimum absolute atomic E-state index is 0.0363. The summed E-state index contributed by atoms with van der Waals surface area (Å²) in [6.07, 6.45) is 1.30. The Labute approximate surface area is 176 Å². The normalized spacial score (nSPS) is 15.0. The summed E-state index contributed by atoms with van der Waals surface area (Å²) in [4.78, 5) is 19.6. The highest BCUT2D eigenvalue weighted by Crippen LogP contribution is 2.36. The van der Waals surface area contributed by atoms with Crippen LogP contribution in [-0.4, -0.2) is 55.5 Å². The van der Waals surface area contributed by atoms with Gasteiger partial charge in [-0.05, 0) is 24.3 Å². The molecular weight excluding hydrogens is 409 g/mol. The molecule has 4 rings (SSSR count). The van der Waals surface area contributed by atoms with E-state index in [9.17, 15) is 9.18 Å². The number of carbonyl (C=O) groups excluding carboxylic acids is 1. The molecule has 0 saturated heterocycles. The molecular formula is C21H20FN3O6. The third-order valence-corrected chi connectivity index (χ3v) is 4.43. The molecule has 0 radical (unpaired) electrons. The Kier molecular flexibility index (Phi) is 6.39. The van der Waals surface area contributed by atoms with Gasteiger partial charge in [0, 0.05) is 11.6 Å². The highest BCUT2D eigenvalue weighted by molar-refractivity contribution is 5.93. The van der Waals surface area contributed by atoms with Gasteiger partial charge in [-0.25, -0.2) is 14.4 Å². The van der Waals surface area contributed by atoms with E-state index in [-0.39, 0.29) is 17.2 Å². The van der Waals surface area contributed by atoms with E-state index in [1.54, 1.807) is 12.1 Å². The summed E-state index contributed by atoms with van der Waals surface area (Å²) in [5.41, 5.74) is 5.73. The molecule has 3 aromatic rings. The van der Waals surface area contributed by atoms with E-state index in [4.69, 9.17) is 29.4 Å². The van der Waals surface area contributed by atoms with Gasteiger partial charge in [-0.1, -0.05) is 0 Å². The number of hydrogen-bond donors (Lipinski definition) is 1. The summed E-state index contributed by atoms with van der Waals surface area (Å²) < 4.78 is 42.5. The van der Waals surface area contributed by atoms with Crippen molar-refractivity contribution in [1.29, 1.82) is 0 Å². The molecule has 1 aliphatic heterocycles. The maximum absolute atomic E-state index is 14.4. The van der Waals surface area contributed by atoms with Crippen LogP contribution in [0.3, 0.4) is 0 Å². The number of hydrogen-bond acceptors (Lipinski definition) is 8. The number of carbonyl (C=O) groups is 1. The standard InChI is InChI=1S/C21H20FN3O6/c22-15-9-13(20(23)26)1-2-17(15)31-21-14-10-18-19(11-16(14)24-12-25-21)30-8-6-28-4-3-27-5-7-29-18/h1-2,9-12H,3-8H2,(H2,23,26). The Morgan fingerprint density at radius 2 is 1.61 bits per heavy atom. The van der Waals surface area contributed by atoms with Gasteiger partial charge in [-0.2, -0.15) is 0 Å². The fraction of sp³-hybridized carbons (Fsp3) is 0.286. The molecule has 0 atom stereocenters. The molecule has 162 valence electrons. The SMILES string of the molecule is NC(=O)c1ccc(Oc2ncnc3cc4c(cc23)OCCOCCOCCO4)c(F)c1. The van der Waals surface area contributed by atoms with Crippen molar-refractivity contribution < 1.29 is 32.9 Å². The maximum Gasteiger partial charge on any atom is 0.248 e. The number of primary amides is 1. The third-order valence-electron chi connectivity index (χ3n) is 4.43. The van der Waals surface area contributed by atoms with Crippen LogP contribution in [0.5, 0.6) is 23.1 Å². The molecule has 31 heavy (non-hydrogen) atoms. The van der Waals surface area contributed by atoms with Crippen LogP contribution in [0.15, 0.2) is 36.7 Å². The van der Waals surface area contributed by atoms with E-state index in [0.717, 1.165) is 6.07 Å². The monoisotopic (exact) mass is 429 g/mol. The fourth-order valence-corrected chi connectivity index (χ4v) is 2.93. The molecule has 0 unspecified atom stereocenters. The van der Waals surface area contributed by atoms with Gasteiger partial charge in [0.25, 0.3) is 0 Å². The van der Waals surface area contributed by atoms with Crippen molar-refractivity contribution in [2.24, 2.45) is 5.73 Å². The summed E-state index contributed by atoms with van der Waals surface area (Å²) in [6.45, 7) is 2.37. The highest BCUT2D eigenvalue weighted by atomic mass is 19.1. The Balaban J connectivity index is 1.67. The summed E-state index contributed by atoms with van der Waals surface area (Å²) in [6, 6.07) is 7.05. The Morgan fingerprint density at radius 3 is 2.29 bits per heavy atom. The quantitative estimate of drug-likeness (QED) is 0.675. The van der Waals surface area contributed by atoms with Gasteiger partial charge >= 0.3 is 0 Å². The van der Waals surface area contributed by atoms with Crippen LogP contribution in [0.1, 0.15) is 10.4 Å². The zero-order chi connectivity index (χ0) is 21.6. The van der Waals surface area contributed by atoms with Crippen LogP contribution in [0.2, 0.25) is 0 Å². The van der Waals surface area contributed by atoms with E-state index < -0.39 is 11.7 Å². The lowest BCUT2D eigenvalue weighted by molar-refractivity contribution is 0.0224. The first-order valence-corrected chi connectivity index (χ1v) is 9.59. The molecule has 2 N–H and O–H groups in total. The molecule has 0 spiro atoms. The van der Waals surface area contributed by atoms with Crippen molar-refractivity contribution in [1.82, 2.24) is 9.97 Å². The molecule has 1 aromatic heterocycles. The fourth-order valence-electron chi connectivity index (χ4n) is 2.93. The second kappa shape index (κ2) is 9.54. The second-order valence-corrected chi connectivity index (χ2v) is 6.53. The molecule has 0 bridgehead atoms. The van der Waals surface area contributed by atoms with Crippen LogP contribution >= 0.6 is 0 Å². The van der Waals surface area contributed by atoms with E-state index >= 15 is 0 Å². The molecule has 9 nitrogen and oxygen atoms in total. The van der Waals surface area contributed by atoms with Crippen LogP contribution in [0.4, 0.5) is 4.39 Å². The van der Waals surface area contributed by atoms with Crippen LogP contribution in [0.25, 0.3) is 10.9 Å². The first-order chi connectivity index (χ1) is 15.1. The first-order valence-electron chi connectivity index (χ1n) is 9.59. The first kappa shape index (κ1) is 20.8. The number of rotatable bonds is 3. The molecule has 1 amide bonds. The Morgan fingerprint density at radius 1 is 0.935 bits per heavy atom. The van der Waals surface area contributed by atoms with E-state index in [1.165, 1.54) is 18.5 Å². The van der Waals surface area contributed by atoms with Gasteiger partial charge in [0.2, 0.25) is 11.8 Å². The number of nitrogens with two attached hydrogens (primary N) is 1. The minimum Gasteiger partial charge on any atom is -0.487 e. The number of amides is 1. The average molecular weight is 429 g/mol. The maximum atomic E-state index is 14.4. The van der Waals surface area contributed by atoms with Crippen LogP contribution < -0.4 is 19.9 Å². The van der Waals surface area contributed by atoms with Crippen molar-refractivity contribution in [3.8, 4) is 23.1 Å². The molecule has 10 heteroatoms. The van der Waals surface area contributed by atoms with Crippen molar-refractivity contribution >= 4 is 16.8 Å². The predicted octanol–water partition coefficient (Wildman–Crippen LogP) is 2.46. The summed E-state index contributed by atoms with van der Waals surface area (Å²) in [5.74, 6) is -0.542. The number of benzene rings is 2. The molecule has 2 heterocycles. The van der Waals surface area contributed by atoms with Gasteiger partial charge in [0.05, 0.1) is 37.3 Å². The number of aromatic nitrogens is 2. The zero-order valence-electron chi connectivity index (χ0n) is 16.5. The lowest BCUT2D eigenvalue weighted by atomic mass is 10.2. The smallest absolute Gasteiger partial charge is 0.248 e. The third kappa shape index (κ3) is 4.98. The van der Waals surface area contributed by atoms with Crippen molar-refractivity contribution in [3.05, 3.63) is 48.0 Å². The van der Waals surface area contributed by atoms with Crippen molar-refractivity contribution in [2.45, 2.75) is 0 Å². The van der Waals surface area contributed by atoms with Crippen LogP contribution in [0, 0.1) is 5.82 Å². The highest BCUT2D eigenvalue weighted by Gasteiger charge is 2.16. The summed E-state index contributed by atoms with van der Waals surface area (Å²) >= 11 is 0. The molecule has 0 saturated carbocycles. The van der Waals surface area contributed by atoms with Crippen LogP contribution in [-0.2, 0) is 9.47 Å². The van der Waals surface area contributed by atoms with Gasteiger partial charge in [-0.3, -0.25) is 4.79 Å². The topological polar surface area (TPSA) is 115 Å². The molecule has 1 aliphatic rings. The van der Waals surface area contributed by atoms with E-state index in [1.807, 2.05) is 0 Å². The molecule has 0 aliphatic carbocycles. The van der Waals surface area contributed by atoms with E-state index in [0.29, 0.717) is 62.0 Å². The van der Waals surface area contributed by atoms with Gasteiger partial charge < -0.3 is 29.4 Å². The summed E-state index contributed by atoms with van der Waals surface area (Å²) in [5, 5.41) is 0.493. The zero-order valence-corrected chi connectivity index (χ0v) is 16.5. The largest absolute Gasteiger partial charge is 0.487 e. The predicted molar refractivity (Wildman–Crippen MR) is 107 cm³/mol. The number of ether oxygens (including phenoxy) is 5. The summed E-state index contributed by atoms with van der Waals surface area (Å²) in [7, 11) is 0. The van der Waals surface area contributed by atoms with Crippen molar-refractivity contribution in [2.75, 3.05) is 39.6 Å². The van der Waals surface area contributed by atoms with Crippen molar-refractivity contribution in [3.63, 3.8) is 0 Å². The Bertz CT molecular complexity index is 1090. The number of fused-ring (bicyclic) bond motifs is 2.